The molecule has 28 heavy (non-hydrogen) atoms. The van der Waals surface area contributed by atoms with Crippen LogP contribution < -0.4 is 0 Å². The molecular weight excluding hydrogens is 415 g/mol. The van der Waals surface area contributed by atoms with Crippen molar-refractivity contribution in [2.45, 2.75) is 51.0 Å². The third-order valence-corrected chi connectivity index (χ3v) is 6.65. The van der Waals surface area contributed by atoms with Crippen LogP contribution in [0.4, 0.5) is 0 Å². The van der Waals surface area contributed by atoms with Gasteiger partial charge in [0.25, 0.3) is 0 Å². The molecule has 2 aromatic rings. The molecule has 6 heteroatoms. The quantitative estimate of drug-likeness (QED) is 0.568. The molecule has 1 aliphatic heterocycles. The molecular formula is C22H25Cl3N2O. The number of hydrogen-bond donors (Lipinski definition) is 0. The summed E-state index contributed by atoms with van der Waals surface area (Å²) in [4.78, 5) is 19.1. The largest absolute Gasteiger partial charge is 0.339 e. The minimum atomic E-state index is -0.00583. The number of carbonyl (C=O) groups excluding carboxylic acids is 1. The highest BCUT2D eigenvalue weighted by molar-refractivity contribution is 6.36. The van der Waals surface area contributed by atoms with Crippen molar-refractivity contribution in [3.63, 3.8) is 0 Å². The standard InChI is InChI=1S/C22H24Cl2N2O.ClH/c23-20-13-17(15-6-9-25-10-7-15)14-21(24)19(20)12-16-8-11-26(22(16)27)18-4-2-1-3-5-18;/h6-7,9-10,13-14,16,18H,1-5,8,11-12H2;1H. The third-order valence-electron chi connectivity index (χ3n) is 5.97. The molecule has 1 amide bonds. The van der Waals surface area contributed by atoms with E-state index in [9.17, 15) is 4.79 Å². The Morgan fingerprint density at radius 3 is 2.25 bits per heavy atom. The Morgan fingerprint density at radius 1 is 0.964 bits per heavy atom. The van der Waals surface area contributed by atoms with Gasteiger partial charge in [-0.15, -0.1) is 12.4 Å². The van der Waals surface area contributed by atoms with Gasteiger partial charge in [-0.1, -0.05) is 42.5 Å². The van der Waals surface area contributed by atoms with Crippen LogP contribution in [0.15, 0.2) is 36.7 Å². The van der Waals surface area contributed by atoms with Crippen molar-refractivity contribution >= 4 is 41.5 Å². The van der Waals surface area contributed by atoms with Gasteiger partial charge in [0, 0.05) is 40.9 Å². The van der Waals surface area contributed by atoms with Crippen molar-refractivity contribution < 1.29 is 4.79 Å². The summed E-state index contributed by atoms with van der Waals surface area (Å²) in [6, 6.07) is 8.19. The summed E-state index contributed by atoms with van der Waals surface area (Å²) in [7, 11) is 0. The summed E-state index contributed by atoms with van der Waals surface area (Å²) < 4.78 is 0. The summed E-state index contributed by atoms with van der Waals surface area (Å²) in [5.41, 5.74) is 2.89. The molecule has 1 aromatic heterocycles. The van der Waals surface area contributed by atoms with E-state index in [1.165, 1.54) is 19.3 Å². The van der Waals surface area contributed by atoms with Crippen molar-refractivity contribution in [1.29, 1.82) is 0 Å². The molecule has 150 valence electrons. The van der Waals surface area contributed by atoms with Gasteiger partial charge in [-0.3, -0.25) is 9.78 Å². The minimum Gasteiger partial charge on any atom is -0.339 e. The highest BCUT2D eigenvalue weighted by Gasteiger charge is 2.36. The first-order valence-electron chi connectivity index (χ1n) is 9.82. The fraction of sp³-hybridized carbons (Fsp3) is 0.455. The molecule has 2 aliphatic rings. The van der Waals surface area contributed by atoms with Crippen molar-refractivity contribution in [1.82, 2.24) is 9.88 Å². The molecule has 2 heterocycles. The summed E-state index contributed by atoms with van der Waals surface area (Å²) >= 11 is 13.1. The van der Waals surface area contributed by atoms with Crippen molar-refractivity contribution in [3.8, 4) is 11.1 Å². The maximum absolute atomic E-state index is 13.0. The molecule has 0 N–H and O–H groups in total. The van der Waals surface area contributed by atoms with Gasteiger partial charge in [0.1, 0.15) is 0 Å². The number of likely N-dealkylation sites (tertiary alicyclic amines) is 1. The number of pyridine rings is 1. The Morgan fingerprint density at radius 2 is 1.61 bits per heavy atom. The lowest BCUT2D eigenvalue weighted by atomic mass is 9.93. The predicted octanol–water partition coefficient (Wildman–Crippen LogP) is 6.20. The summed E-state index contributed by atoms with van der Waals surface area (Å²) in [5.74, 6) is 0.279. The van der Waals surface area contributed by atoms with Gasteiger partial charge in [0.15, 0.2) is 0 Å². The second-order valence-corrected chi connectivity index (χ2v) is 8.48. The highest BCUT2D eigenvalue weighted by Crippen LogP contribution is 2.36. The van der Waals surface area contributed by atoms with E-state index in [-0.39, 0.29) is 24.2 Å². The van der Waals surface area contributed by atoms with Crippen LogP contribution in [-0.2, 0) is 11.2 Å². The topological polar surface area (TPSA) is 33.2 Å². The lowest BCUT2D eigenvalue weighted by Crippen LogP contribution is -2.39. The molecule has 1 saturated carbocycles. The number of hydrogen-bond acceptors (Lipinski definition) is 2. The highest BCUT2D eigenvalue weighted by atomic mass is 35.5. The van der Waals surface area contributed by atoms with Gasteiger partial charge < -0.3 is 4.90 Å². The van der Waals surface area contributed by atoms with Gasteiger partial charge >= 0.3 is 0 Å². The Labute approximate surface area is 182 Å². The summed E-state index contributed by atoms with van der Waals surface area (Å²) in [6.07, 6.45) is 11.1. The van der Waals surface area contributed by atoms with Crippen LogP contribution in [0.25, 0.3) is 11.1 Å². The number of amides is 1. The Balaban J connectivity index is 0.00000225. The number of aromatic nitrogens is 1. The lowest BCUT2D eigenvalue weighted by molar-refractivity contribution is -0.133. The number of rotatable bonds is 4. The first-order valence-corrected chi connectivity index (χ1v) is 10.6. The van der Waals surface area contributed by atoms with Crippen LogP contribution in [0.1, 0.15) is 44.1 Å². The fourth-order valence-electron chi connectivity index (χ4n) is 4.46. The molecule has 1 atom stereocenters. The molecule has 2 fully saturated rings. The van der Waals surface area contributed by atoms with E-state index in [2.05, 4.69) is 9.88 Å². The van der Waals surface area contributed by atoms with Crippen LogP contribution >= 0.6 is 35.6 Å². The van der Waals surface area contributed by atoms with Gasteiger partial charge in [-0.25, -0.2) is 0 Å². The average Bonchev–Trinajstić information content (AvgIpc) is 3.06. The predicted molar refractivity (Wildman–Crippen MR) is 117 cm³/mol. The minimum absolute atomic E-state index is 0. The molecule has 3 nitrogen and oxygen atoms in total. The first-order chi connectivity index (χ1) is 13.1. The van der Waals surface area contributed by atoms with Gasteiger partial charge in [0.2, 0.25) is 5.91 Å². The smallest absolute Gasteiger partial charge is 0.226 e. The number of benzene rings is 1. The maximum atomic E-state index is 13.0. The van der Waals surface area contributed by atoms with Gasteiger partial charge in [-0.05, 0) is 66.6 Å². The lowest BCUT2D eigenvalue weighted by Gasteiger charge is -2.31. The average molecular weight is 440 g/mol. The van der Waals surface area contributed by atoms with E-state index in [0.29, 0.717) is 22.5 Å². The fourth-order valence-corrected chi connectivity index (χ4v) is 5.10. The van der Waals surface area contributed by atoms with Crippen LogP contribution in [0.3, 0.4) is 0 Å². The Hall–Kier alpha value is -1.29. The van der Waals surface area contributed by atoms with Crippen LogP contribution in [0.2, 0.25) is 10.0 Å². The SMILES string of the molecule is Cl.O=C1C(Cc2c(Cl)cc(-c3ccncc3)cc2Cl)CCN1C1CCCCC1. The zero-order chi connectivity index (χ0) is 18.8. The van der Waals surface area contributed by atoms with Crippen molar-refractivity contribution in [2.24, 2.45) is 5.92 Å². The summed E-state index contributed by atoms with van der Waals surface area (Å²) in [5, 5.41) is 1.27. The van der Waals surface area contributed by atoms with E-state index >= 15 is 0 Å². The maximum Gasteiger partial charge on any atom is 0.226 e. The third kappa shape index (κ3) is 4.48. The van der Waals surface area contributed by atoms with E-state index in [0.717, 1.165) is 42.5 Å². The molecule has 1 unspecified atom stereocenters. The normalized spacial score (nSPS) is 20.3. The molecule has 0 bridgehead atoms. The second kappa shape index (κ2) is 9.47. The zero-order valence-corrected chi connectivity index (χ0v) is 18.1. The van der Waals surface area contributed by atoms with Gasteiger partial charge in [0.05, 0.1) is 0 Å². The van der Waals surface area contributed by atoms with E-state index < -0.39 is 0 Å². The van der Waals surface area contributed by atoms with Crippen molar-refractivity contribution in [3.05, 3.63) is 52.3 Å². The monoisotopic (exact) mass is 438 g/mol. The number of halogens is 3. The molecule has 1 aliphatic carbocycles. The van der Waals surface area contributed by atoms with Gasteiger partial charge in [-0.2, -0.15) is 0 Å². The molecule has 0 spiro atoms. The second-order valence-electron chi connectivity index (χ2n) is 7.67. The van der Waals surface area contributed by atoms with Crippen molar-refractivity contribution in [2.75, 3.05) is 6.54 Å². The van der Waals surface area contributed by atoms with E-state index in [1.54, 1.807) is 12.4 Å². The number of carbonyl (C=O) groups is 1. The van der Waals surface area contributed by atoms with E-state index in [4.69, 9.17) is 23.2 Å². The summed E-state index contributed by atoms with van der Waals surface area (Å²) in [6.45, 7) is 0.874. The van der Waals surface area contributed by atoms with E-state index in [1.807, 2.05) is 24.3 Å². The zero-order valence-electron chi connectivity index (χ0n) is 15.7. The van der Waals surface area contributed by atoms with Crippen LogP contribution in [0.5, 0.6) is 0 Å². The van der Waals surface area contributed by atoms with Crippen LogP contribution in [0, 0.1) is 5.92 Å². The van der Waals surface area contributed by atoms with Crippen LogP contribution in [-0.4, -0.2) is 28.4 Å². The molecule has 4 rings (SSSR count). The molecule has 0 radical (unpaired) electrons. The first kappa shape index (κ1) is 21.4. The number of nitrogens with zero attached hydrogens (tertiary/aromatic N) is 2. The molecule has 1 aromatic carbocycles. The Bertz CT molecular complexity index is 799. The Kier molecular flexibility index (Phi) is 7.25. The molecule has 1 saturated heterocycles.